The van der Waals surface area contributed by atoms with Crippen LogP contribution in [0.15, 0.2) is 29.6 Å². The van der Waals surface area contributed by atoms with Gasteiger partial charge in [-0.15, -0.1) is 16.4 Å². The Hall–Kier alpha value is -3.07. The van der Waals surface area contributed by atoms with Gasteiger partial charge in [0.05, 0.1) is 16.8 Å². The molecule has 3 amide bonds. The number of aryl methyl sites for hydroxylation is 1. The molecule has 0 fully saturated rings. The Morgan fingerprint density at radius 1 is 1.21 bits per heavy atom. The lowest BCUT2D eigenvalue weighted by molar-refractivity contribution is -0.116. The first-order valence-electron chi connectivity index (χ1n) is 7.10. The zero-order valence-corrected chi connectivity index (χ0v) is 13.3. The van der Waals surface area contributed by atoms with Crippen LogP contribution < -0.4 is 5.32 Å². The van der Waals surface area contributed by atoms with Crippen molar-refractivity contribution in [1.82, 2.24) is 19.5 Å². The topological polar surface area (TPSA) is 96.7 Å². The number of fused-ring (bicyclic) bond motifs is 2. The number of carbonyl (C=O) groups is 3. The predicted molar refractivity (Wildman–Crippen MR) is 86.0 cm³/mol. The van der Waals surface area contributed by atoms with E-state index in [-0.39, 0.29) is 12.5 Å². The van der Waals surface area contributed by atoms with Gasteiger partial charge in [-0.1, -0.05) is 12.1 Å². The molecular weight excluding hydrogens is 330 g/mol. The van der Waals surface area contributed by atoms with Crippen LogP contribution >= 0.6 is 11.3 Å². The first-order chi connectivity index (χ1) is 11.5. The number of nitrogens with one attached hydrogen (secondary N) is 1. The van der Waals surface area contributed by atoms with Crippen molar-refractivity contribution in [2.75, 3.05) is 11.9 Å². The molecule has 1 aliphatic heterocycles. The quantitative estimate of drug-likeness (QED) is 0.725. The van der Waals surface area contributed by atoms with Crippen LogP contribution in [-0.4, -0.2) is 43.8 Å². The third-order valence-corrected chi connectivity index (χ3v) is 4.61. The maximum absolute atomic E-state index is 12.2. The molecule has 1 aliphatic rings. The average molecular weight is 341 g/mol. The zero-order valence-electron chi connectivity index (χ0n) is 12.5. The van der Waals surface area contributed by atoms with Gasteiger partial charge in [0.25, 0.3) is 11.8 Å². The highest BCUT2D eigenvalue weighted by Gasteiger charge is 2.36. The van der Waals surface area contributed by atoms with Gasteiger partial charge in [0, 0.05) is 5.38 Å². The second-order valence-electron chi connectivity index (χ2n) is 5.30. The number of thiazole rings is 1. The molecular formula is C15H11N5O3S. The molecule has 1 N–H and O–H groups in total. The van der Waals surface area contributed by atoms with Crippen molar-refractivity contribution in [3.8, 4) is 0 Å². The Bertz CT molecular complexity index is 971. The number of aromatic nitrogens is 3. The van der Waals surface area contributed by atoms with E-state index in [4.69, 9.17) is 0 Å². The van der Waals surface area contributed by atoms with E-state index in [2.05, 4.69) is 15.4 Å². The summed E-state index contributed by atoms with van der Waals surface area (Å²) in [6.45, 7) is 1.50. The Labute approximate surface area is 139 Å². The Morgan fingerprint density at radius 3 is 2.50 bits per heavy atom. The summed E-state index contributed by atoms with van der Waals surface area (Å²) in [5, 5.41) is 8.58. The fraction of sp³-hybridized carbons (Fsp3) is 0.133. The number of carbonyl (C=O) groups excluding carboxylic acids is 3. The first-order valence-corrected chi connectivity index (χ1v) is 7.98. The summed E-state index contributed by atoms with van der Waals surface area (Å²) in [5.74, 6) is -1.33. The number of anilines is 1. The van der Waals surface area contributed by atoms with Gasteiger partial charge in [-0.2, -0.15) is 4.98 Å². The van der Waals surface area contributed by atoms with Gasteiger partial charge in [-0.3, -0.25) is 24.6 Å². The van der Waals surface area contributed by atoms with Crippen molar-refractivity contribution in [2.24, 2.45) is 0 Å². The van der Waals surface area contributed by atoms with Crippen LogP contribution in [0, 0.1) is 6.92 Å². The van der Waals surface area contributed by atoms with Gasteiger partial charge in [-0.25, -0.2) is 4.52 Å². The summed E-state index contributed by atoms with van der Waals surface area (Å²) in [6.07, 6.45) is 0. The monoisotopic (exact) mass is 341 g/mol. The summed E-state index contributed by atoms with van der Waals surface area (Å²) >= 11 is 1.41. The molecule has 24 heavy (non-hydrogen) atoms. The van der Waals surface area contributed by atoms with Crippen molar-refractivity contribution in [3.63, 3.8) is 0 Å². The highest BCUT2D eigenvalue weighted by atomic mass is 32.1. The second-order valence-corrected chi connectivity index (χ2v) is 6.13. The van der Waals surface area contributed by atoms with Crippen LogP contribution in [0.4, 0.5) is 5.95 Å². The van der Waals surface area contributed by atoms with Gasteiger partial charge in [0.15, 0.2) is 0 Å². The van der Waals surface area contributed by atoms with Crippen molar-refractivity contribution >= 4 is 40.0 Å². The van der Waals surface area contributed by atoms with E-state index < -0.39 is 17.7 Å². The normalized spacial score (nSPS) is 13.6. The molecule has 120 valence electrons. The Balaban J connectivity index is 1.50. The predicted octanol–water partition coefficient (Wildman–Crippen LogP) is 1.33. The molecule has 0 saturated carbocycles. The third-order valence-electron chi connectivity index (χ3n) is 3.68. The number of benzene rings is 1. The highest BCUT2D eigenvalue weighted by Crippen LogP contribution is 2.22. The van der Waals surface area contributed by atoms with Crippen molar-refractivity contribution in [3.05, 3.63) is 46.5 Å². The lowest BCUT2D eigenvalue weighted by Crippen LogP contribution is -2.37. The fourth-order valence-electron chi connectivity index (χ4n) is 2.54. The van der Waals surface area contributed by atoms with Gasteiger partial charge < -0.3 is 0 Å². The van der Waals surface area contributed by atoms with Crippen LogP contribution in [0.1, 0.15) is 26.4 Å². The molecule has 3 aromatic rings. The molecule has 0 unspecified atom stereocenters. The highest BCUT2D eigenvalue weighted by molar-refractivity contribution is 7.15. The summed E-state index contributed by atoms with van der Waals surface area (Å²) < 4.78 is 1.61. The SMILES string of the molecule is Cc1csc2nc(NC(=O)CN3C(=O)c4ccccc4C3=O)nn12. The summed E-state index contributed by atoms with van der Waals surface area (Å²) in [6, 6.07) is 6.50. The molecule has 0 radical (unpaired) electrons. The number of amides is 3. The fourth-order valence-corrected chi connectivity index (χ4v) is 3.33. The van der Waals surface area contributed by atoms with E-state index in [9.17, 15) is 14.4 Å². The molecule has 9 heteroatoms. The average Bonchev–Trinajstić information content (AvgIpc) is 3.19. The molecule has 8 nitrogen and oxygen atoms in total. The van der Waals surface area contributed by atoms with Gasteiger partial charge >= 0.3 is 0 Å². The van der Waals surface area contributed by atoms with Crippen molar-refractivity contribution in [2.45, 2.75) is 6.92 Å². The molecule has 0 bridgehead atoms. The van der Waals surface area contributed by atoms with E-state index in [1.54, 1.807) is 28.8 Å². The smallest absolute Gasteiger partial charge is 0.262 e. The van der Waals surface area contributed by atoms with E-state index in [1.165, 1.54) is 11.3 Å². The maximum atomic E-state index is 12.2. The molecule has 0 atom stereocenters. The first kappa shape index (κ1) is 14.5. The van der Waals surface area contributed by atoms with Crippen molar-refractivity contribution in [1.29, 1.82) is 0 Å². The zero-order chi connectivity index (χ0) is 16.8. The van der Waals surface area contributed by atoms with E-state index in [0.717, 1.165) is 10.6 Å². The standard InChI is InChI=1S/C15H11N5O3S/c1-8-7-24-15-17-14(18-20(8)15)16-11(21)6-19-12(22)9-4-2-3-5-10(9)13(19)23/h2-5,7H,6H2,1H3,(H,16,18,21). The van der Waals surface area contributed by atoms with Crippen molar-refractivity contribution < 1.29 is 14.4 Å². The molecule has 2 aromatic heterocycles. The number of nitrogens with zero attached hydrogens (tertiary/aromatic N) is 4. The van der Waals surface area contributed by atoms with Crippen LogP contribution in [0.5, 0.6) is 0 Å². The molecule has 0 aliphatic carbocycles. The lowest BCUT2D eigenvalue weighted by atomic mass is 10.1. The number of rotatable bonds is 3. The molecule has 1 aromatic carbocycles. The molecule has 4 rings (SSSR count). The molecule has 0 saturated heterocycles. The van der Waals surface area contributed by atoms with E-state index in [1.807, 2.05) is 12.3 Å². The second kappa shape index (κ2) is 5.24. The molecule has 3 heterocycles. The summed E-state index contributed by atoms with van der Waals surface area (Å²) in [5.41, 5.74) is 1.53. The maximum Gasteiger partial charge on any atom is 0.262 e. The van der Waals surface area contributed by atoms with Gasteiger partial charge in [0.2, 0.25) is 16.8 Å². The number of hydrogen-bond acceptors (Lipinski definition) is 6. The largest absolute Gasteiger partial charge is 0.292 e. The van der Waals surface area contributed by atoms with Crippen LogP contribution in [-0.2, 0) is 4.79 Å². The van der Waals surface area contributed by atoms with Gasteiger partial charge in [0.1, 0.15) is 6.54 Å². The minimum atomic E-state index is -0.527. The summed E-state index contributed by atoms with van der Waals surface area (Å²) in [7, 11) is 0. The Morgan fingerprint density at radius 2 is 1.88 bits per heavy atom. The molecule has 0 spiro atoms. The number of imide groups is 1. The lowest BCUT2D eigenvalue weighted by Gasteiger charge is -2.12. The van der Waals surface area contributed by atoms with Crippen LogP contribution in [0.25, 0.3) is 4.96 Å². The van der Waals surface area contributed by atoms with E-state index in [0.29, 0.717) is 16.1 Å². The third kappa shape index (κ3) is 2.17. The van der Waals surface area contributed by atoms with Gasteiger partial charge in [-0.05, 0) is 19.1 Å². The van der Waals surface area contributed by atoms with Crippen LogP contribution in [0.3, 0.4) is 0 Å². The van der Waals surface area contributed by atoms with Crippen LogP contribution in [0.2, 0.25) is 0 Å². The minimum absolute atomic E-state index is 0.145. The summed E-state index contributed by atoms with van der Waals surface area (Å²) in [4.78, 5) is 42.4. The van der Waals surface area contributed by atoms with E-state index >= 15 is 0 Å². The minimum Gasteiger partial charge on any atom is -0.292 e. The Kier molecular flexibility index (Phi) is 3.17. The number of hydrogen-bond donors (Lipinski definition) is 1.